The maximum atomic E-state index is 10.9. The second-order valence-corrected chi connectivity index (χ2v) is 5.46. The van der Waals surface area contributed by atoms with Crippen molar-refractivity contribution in [2.75, 3.05) is 6.26 Å². The van der Waals surface area contributed by atoms with Crippen molar-refractivity contribution in [3.63, 3.8) is 0 Å². The van der Waals surface area contributed by atoms with E-state index in [2.05, 4.69) is 14.2 Å². The highest BCUT2D eigenvalue weighted by Gasteiger charge is 2.08. The number of hydrogen-bond donors (Lipinski definition) is 0. The number of nitrogens with zero attached hydrogens (tertiary/aromatic N) is 2. The van der Waals surface area contributed by atoms with Crippen molar-refractivity contribution < 1.29 is 12.6 Å². The van der Waals surface area contributed by atoms with Gasteiger partial charge in [0.05, 0.1) is 6.26 Å². The largest absolute Gasteiger partial charge is 0.362 e. The van der Waals surface area contributed by atoms with Crippen molar-refractivity contribution in [3.8, 4) is 16.6 Å². The predicted molar refractivity (Wildman–Crippen MR) is 60.8 cm³/mol. The lowest BCUT2D eigenvalue weighted by molar-refractivity contribution is 0.483. The van der Waals surface area contributed by atoms with Gasteiger partial charge in [-0.15, -0.1) is 11.3 Å². The topological polar surface area (TPSA) is 69.2 Å². The highest BCUT2D eigenvalue weighted by atomic mass is 32.2. The Kier molecular flexibility index (Phi) is 2.88. The first-order valence-corrected chi connectivity index (χ1v) is 7.00. The summed E-state index contributed by atoms with van der Waals surface area (Å²) >= 11 is 1.42. The average molecular weight is 256 g/mol. The van der Waals surface area contributed by atoms with Crippen LogP contribution in [0.1, 0.15) is 0 Å². The molecule has 0 bridgehead atoms. The van der Waals surface area contributed by atoms with E-state index in [0.717, 1.165) is 11.3 Å². The van der Waals surface area contributed by atoms with Gasteiger partial charge in [0.2, 0.25) is 5.88 Å². The van der Waals surface area contributed by atoms with E-state index in [1.165, 1.54) is 17.4 Å². The number of hydrogen-bond acceptors (Lipinski definition) is 6. The summed E-state index contributed by atoms with van der Waals surface area (Å²) in [5.74, 6) is 0.0511. The van der Waals surface area contributed by atoms with Crippen LogP contribution in [0.25, 0.3) is 10.7 Å². The van der Waals surface area contributed by atoms with Gasteiger partial charge in [0.15, 0.2) is 0 Å². The highest BCUT2D eigenvalue weighted by molar-refractivity contribution is 7.86. The number of rotatable bonds is 3. The zero-order chi connectivity index (χ0) is 11.6. The first-order chi connectivity index (χ1) is 7.54. The molecule has 2 aromatic rings. The zero-order valence-corrected chi connectivity index (χ0v) is 9.96. The van der Waals surface area contributed by atoms with E-state index < -0.39 is 10.1 Å². The predicted octanol–water partition coefficient (Wildman–Crippen LogP) is 1.54. The van der Waals surface area contributed by atoms with Crippen LogP contribution in [-0.2, 0) is 10.1 Å². The van der Waals surface area contributed by atoms with E-state index in [9.17, 15) is 8.42 Å². The van der Waals surface area contributed by atoms with Gasteiger partial charge in [0, 0.05) is 17.6 Å². The lowest BCUT2D eigenvalue weighted by atomic mass is 10.3. The third-order valence-electron chi connectivity index (χ3n) is 1.61. The minimum Gasteiger partial charge on any atom is -0.362 e. The van der Waals surface area contributed by atoms with Crippen LogP contribution in [0.4, 0.5) is 0 Å². The molecule has 0 saturated carbocycles. The summed E-state index contributed by atoms with van der Waals surface area (Å²) in [6.45, 7) is 0. The summed E-state index contributed by atoms with van der Waals surface area (Å²) in [6, 6.07) is 4.90. The summed E-state index contributed by atoms with van der Waals surface area (Å²) in [5.41, 5.74) is 0.594. The van der Waals surface area contributed by atoms with Crippen LogP contribution in [0.15, 0.2) is 29.8 Å². The molecule has 0 aliphatic heterocycles. The quantitative estimate of drug-likeness (QED) is 0.779. The molecule has 0 fully saturated rings. The summed E-state index contributed by atoms with van der Waals surface area (Å²) in [7, 11) is -3.54. The molecule has 0 radical (unpaired) electrons. The molecule has 0 aliphatic rings. The van der Waals surface area contributed by atoms with E-state index in [-0.39, 0.29) is 5.88 Å². The maximum absolute atomic E-state index is 10.9. The second kappa shape index (κ2) is 4.18. The van der Waals surface area contributed by atoms with E-state index in [1.807, 2.05) is 5.38 Å². The Balaban J connectivity index is 2.34. The van der Waals surface area contributed by atoms with Crippen LogP contribution >= 0.6 is 11.3 Å². The third-order valence-corrected chi connectivity index (χ3v) is 2.88. The first kappa shape index (κ1) is 11.0. The molecule has 0 unspecified atom stereocenters. The van der Waals surface area contributed by atoms with Crippen molar-refractivity contribution >= 4 is 21.5 Å². The fourth-order valence-electron chi connectivity index (χ4n) is 1.09. The van der Waals surface area contributed by atoms with Crippen LogP contribution in [0.3, 0.4) is 0 Å². The molecule has 84 valence electrons. The molecular weight excluding hydrogens is 248 g/mol. The monoisotopic (exact) mass is 256 g/mol. The van der Waals surface area contributed by atoms with E-state index in [1.54, 1.807) is 18.3 Å². The normalized spacial score (nSPS) is 11.3. The van der Waals surface area contributed by atoms with Gasteiger partial charge >= 0.3 is 10.1 Å². The molecule has 16 heavy (non-hydrogen) atoms. The molecule has 0 spiro atoms. The molecule has 7 heteroatoms. The van der Waals surface area contributed by atoms with Crippen molar-refractivity contribution in [2.24, 2.45) is 0 Å². The van der Waals surface area contributed by atoms with Crippen molar-refractivity contribution in [1.29, 1.82) is 0 Å². The first-order valence-electron chi connectivity index (χ1n) is 4.31. The lowest BCUT2D eigenvalue weighted by Crippen LogP contribution is -2.07. The fraction of sp³-hybridized carbons (Fsp3) is 0.111. The van der Waals surface area contributed by atoms with Gasteiger partial charge in [-0.05, 0) is 6.07 Å². The Morgan fingerprint density at radius 1 is 1.38 bits per heavy atom. The SMILES string of the molecule is CS(=O)(=O)Oc1cccc(-c2nccs2)n1. The van der Waals surface area contributed by atoms with Gasteiger partial charge in [-0.1, -0.05) is 6.07 Å². The fourth-order valence-corrected chi connectivity index (χ4v) is 2.10. The van der Waals surface area contributed by atoms with Gasteiger partial charge in [-0.25, -0.2) is 9.97 Å². The van der Waals surface area contributed by atoms with E-state index >= 15 is 0 Å². The number of thiazole rings is 1. The Bertz CT molecular complexity index is 579. The molecular formula is C9H8N2O3S2. The van der Waals surface area contributed by atoms with Crippen LogP contribution in [0.5, 0.6) is 5.88 Å². The smallest absolute Gasteiger partial charge is 0.307 e. The number of aromatic nitrogens is 2. The molecule has 0 aliphatic carbocycles. The van der Waals surface area contributed by atoms with Gasteiger partial charge in [0.1, 0.15) is 10.7 Å². The molecule has 2 rings (SSSR count). The average Bonchev–Trinajstić information content (AvgIpc) is 2.68. The third kappa shape index (κ3) is 2.77. The van der Waals surface area contributed by atoms with Crippen LogP contribution in [-0.4, -0.2) is 24.6 Å². The van der Waals surface area contributed by atoms with Gasteiger partial charge in [-0.3, -0.25) is 0 Å². The van der Waals surface area contributed by atoms with Crippen molar-refractivity contribution in [1.82, 2.24) is 9.97 Å². The molecule has 5 nitrogen and oxygen atoms in total. The minimum atomic E-state index is -3.54. The number of pyridine rings is 1. The Labute approximate surface area is 96.9 Å². The zero-order valence-electron chi connectivity index (χ0n) is 8.32. The molecule has 0 amide bonds. The van der Waals surface area contributed by atoms with Gasteiger partial charge in [-0.2, -0.15) is 8.42 Å². The van der Waals surface area contributed by atoms with Crippen LogP contribution < -0.4 is 4.18 Å². The molecule has 0 saturated heterocycles. The van der Waals surface area contributed by atoms with Crippen LogP contribution in [0.2, 0.25) is 0 Å². The second-order valence-electron chi connectivity index (χ2n) is 2.99. The summed E-state index contributed by atoms with van der Waals surface area (Å²) < 4.78 is 26.5. The van der Waals surface area contributed by atoms with Gasteiger partial charge < -0.3 is 4.18 Å². The Morgan fingerprint density at radius 3 is 2.81 bits per heavy atom. The van der Waals surface area contributed by atoms with Crippen LogP contribution in [0, 0.1) is 0 Å². The summed E-state index contributed by atoms with van der Waals surface area (Å²) in [4.78, 5) is 8.12. The lowest BCUT2D eigenvalue weighted by Gasteiger charge is -2.02. The Hall–Kier alpha value is -1.47. The summed E-state index contributed by atoms with van der Waals surface area (Å²) in [6.07, 6.45) is 2.64. The van der Waals surface area contributed by atoms with E-state index in [4.69, 9.17) is 0 Å². The molecule has 2 aromatic heterocycles. The molecule has 0 atom stereocenters. The van der Waals surface area contributed by atoms with Crippen molar-refractivity contribution in [3.05, 3.63) is 29.8 Å². The maximum Gasteiger partial charge on any atom is 0.307 e. The van der Waals surface area contributed by atoms with E-state index in [0.29, 0.717) is 5.69 Å². The molecule has 0 aromatic carbocycles. The van der Waals surface area contributed by atoms with Crippen molar-refractivity contribution in [2.45, 2.75) is 0 Å². The summed E-state index contributed by atoms with van der Waals surface area (Å²) in [5, 5.41) is 2.54. The Morgan fingerprint density at radius 2 is 2.19 bits per heavy atom. The van der Waals surface area contributed by atoms with Gasteiger partial charge in [0.25, 0.3) is 0 Å². The minimum absolute atomic E-state index is 0.0511. The highest BCUT2D eigenvalue weighted by Crippen LogP contribution is 2.21. The molecule has 2 heterocycles. The standard InChI is InChI=1S/C9H8N2O3S2/c1-16(12,13)14-8-4-2-3-7(11-8)9-10-5-6-15-9/h2-6H,1H3. The molecule has 0 N–H and O–H groups in total.